The van der Waals surface area contributed by atoms with E-state index >= 15 is 0 Å². The van der Waals surface area contributed by atoms with Crippen LogP contribution in [0.4, 0.5) is 0 Å². The van der Waals surface area contributed by atoms with E-state index in [2.05, 4.69) is 68.5 Å². The molecule has 0 spiro atoms. The molecule has 2 aliphatic rings. The molecule has 0 atom stereocenters. The van der Waals surface area contributed by atoms with Gasteiger partial charge in [0.15, 0.2) is 0 Å². The molecule has 122 valence electrons. The van der Waals surface area contributed by atoms with Crippen LogP contribution in [0.15, 0.2) is 48.0 Å². The van der Waals surface area contributed by atoms with Gasteiger partial charge in [-0.2, -0.15) is 0 Å². The summed E-state index contributed by atoms with van der Waals surface area (Å²) in [7, 11) is 0. The molecule has 0 nitrogen and oxygen atoms in total. The normalized spacial score (nSPS) is 19.0. The quantitative estimate of drug-likeness (QED) is 0.727. The maximum atomic E-state index is 2.52. The highest BCUT2D eigenvalue weighted by Crippen LogP contribution is 2.27. The largest absolute Gasteiger partial charge is 0.0741 e. The zero-order valence-electron chi connectivity index (χ0n) is 14.8. The Balaban J connectivity index is 1.79. The summed E-state index contributed by atoms with van der Waals surface area (Å²) >= 11 is 0. The molecular weight excluding hydrogens is 288 g/mol. The van der Waals surface area contributed by atoms with E-state index in [4.69, 9.17) is 0 Å². The first-order valence-electron chi connectivity index (χ1n) is 9.32. The van der Waals surface area contributed by atoms with Crippen LogP contribution in [-0.2, 0) is 0 Å². The third-order valence-electron chi connectivity index (χ3n) is 5.43. The summed E-state index contributed by atoms with van der Waals surface area (Å²) in [6, 6.07) is 13.6. The Bertz CT molecular complexity index is 888. The number of benzene rings is 2. The molecule has 0 saturated heterocycles. The molecule has 0 heterocycles. The smallest absolute Gasteiger partial charge is 0.00992 e. The predicted octanol–water partition coefficient (Wildman–Crippen LogP) is 5.05. The maximum Gasteiger partial charge on any atom is -0.00992 e. The van der Waals surface area contributed by atoms with Gasteiger partial charge in [0, 0.05) is 0 Å². The highest BCUT2D eigenvalue weighted by molar-refractivity contribution is 5.78. The first-order chi connectivity index (χ1) is 11.7. The van der Waals surface area contributed by atoms with Crippen molar-refractivity contribution >= 4 is 12.2 Å². The van der Waals surface area contributed by atoms with Crippen LogP contribution in [0, 0.1) is 19.8 Å². The zero-order chi connectivity index (χ0) is 16.5. The standard InChI is InChI=1S/C24H26/c1-17-8-10-21(11-9-17)23-13-18(2)12-22-15-20(16-24(22)23)14-19-6-4-3-5-7-19/h8-16,19H,3-7H2,1-2H3. The fourth-order valence-corrected chi connectivity index (χ4v) is 4.14. The van der Waals surface area contributed by atoms with E-state index in [0.29, 0.717) is 0 Å². The molecule has 0 radical (unpaired) electrons. The fraction of sp³-hybridized carbons (Fsp3) is 0.333. The molecular formula is C24H26. The summed E-state index contributed by atoms with van der Waals surface area (Å²) in [5.41, 5.74) is 6.76. The van der Waals surface area contributed by atoms with E-state index in [1.54, 1.807) is 0 Å². The minimum atomic E-state index is 0.777. The summed E-state index contributed by atoms with van der Waals surface area (Å²) < 4.78 is 0. The van der Waals surface area contributed by atoms with Crippen LogP contribution in [0.2, 0.25) is 0 Å². The average molecular weight is 314 g/mol. The van der Waals surface area contributed by atoms with E-state index in [0.717, 1.165) is 5.92 Å². The number of fused-ring (bicyclic) bond motifs is 1. The van der Waals surface area contributed by atoms with Crippen LogP contribution >= 0.6 is 0 Å². The lowest BCUT2D eigenvalue weighted by molar-refractivity contribution is 0.419. The third-order valence-corrected chi connectivity index (χ3v) is 5.43. The molecule has 4 rings (SSSR count). The molecule has 2 aromatic carbocycles. The Morgan fingerprint density at radius 3 is 2.33 bits per heavy atom. The molecule has 0 unspecified atom stereocenters. The molecule has 0 bridgehead atoms. The van der Waals surface area contributed by atoms with Crippen LogP contribution in [0.5, 0.6) is 0 Å². The molecule has 0 aliphatic heterocycles. The first kappa shape index (κ1) is 15.4. The number of hydrogen-bond acceptors (Lipinski definition) is 0. The lowest BCUT2D eigenvalue weighted by atomic mass is 9.88. The van der Waals surface area contributed by atoms with Gasteiger partial charge in [0.25, 0.3) is 0 Å². The van der Waals surface area contributed by atoms with Gasteiger partial charge in [0.05, 0.1) is 0 Å². The second-order valence-electron chi connectivity index (χ2n) is 7.53. The fourth-order valence-electron chi connectivity index (χ4n) is 4.14. The van der Waals surface area contributed by atoms with Gasteiger partial charge in [-0.1, -0.05) is 67.3 Å². The highest BCUT2D eigenvalue weighted by atomic mass is 14.2. The summed E-state index contributed by atoms with van der Waals surface area (Å²) in [6.07, 6.45) is 14.3. The van der Waals surface area contributed by atoms with Gasteiger partial charge in [0.2, 0.25) is 0 Å². The van der Waals surface area contributed by atoms with Crippen molar-refractivity contribution in [2.75, 3.05) is 0 Å². The topological polar surface area (TPSA) is 0 Å². The van der Waals surface area contributed by atoms with E-state index in [1.807, 2.05) is 0 Å². The molecule has 1 fully saturated rings. The summed E-state index contributed by atoms with van der Waals surface area (Å²) in [5, 5.41) is 2.78. The van der Waals surface area contributed by atoms with E-state index in [9.17, 15) is 0 Å². The van der Waals surface area contributed by atoms with Crippen molar-refractivity contribution in [1.29, 1.82) is 0 Å². The van der Waals surface area contributed by atoms with Gasteiger partial charge in [-0.3, -0.25) is 0 Å². The average Bonchev–Trinajstić information content (AvgIpc) is 2.98. The monoisotopic (exact) mass is 314 g/mol. The molecule has 2 aromatic rings. The SMILES string of the molecule is Cc1ccc(-c2cc(C)cc3c2=CC(=CC2CCCCC2)C=3)cc1. The Morgan fingerprint density at radius 2 is 1.58 bits per heavy atom. The van der Waals surface area contributed by atoms with Gasteiger partial charge in [0.1, 0.15) is 0 Å². The highest BCUT2D eigenvalue weighted by Gasteiger charge is 2.13. The predicted molar refractivity (Wildman–Crippen MR) is 104 cm³/mol. The van der Waals surface area contributed by atoms with E-state index in [1.165, 1.54) is 70.4 Å². The zero-order valence-corrected chi connectivity index (χ0v) is 14.8. The molecule has 1 saturated carbocycles. The van der Waals surface area contributed by atoms with Gasteiger partial charge in [-0.25, -0.2) is 0 Å². The minimum absolute atomic E-state index is 0.777. The summed E-state index contributed by atoms with van der Waals surface area (Å²) in [4.78, 5) is 0. The van der Waals surface area contributed by atoms with E-state index in [-0.39, 0.29) is 0 Å². The van der Waals surface area contributed by atoms with Crippen LogP contribution < -0.4 is 10.4 Å². The number of aryl methyl sites for hydroxylation is 2. The first-order valence-corrected chi connectivity index (χ1v) is 9.32. The molecule has 2 aliphatic carbocycles. The lowest BCUT2D eigenvalue weighted by Gasteiger charge is -2.18. The van der Waals surface area contributed by atoms with Crippen molar-refractivity contribution < 1.29 is 0 Å². The van der Waals surface area contributed by atoms with Crippen molar-refractivity contribution in [3.63, 3.8) is 0 Å². The second-order valence-corrected chi connectivity index (χ2v) is 7.53. The Hall–Kier alpha value is -2.08. The number of rotatable bonds is 2. The molecule has 0 N–H and O–H groups in total. The molecule has 0 aromatic heterocycles. The van der Waals surface area contributed by atoms with Gasteiger partial charge in [-0.15, -0.1) is 0 Å². The summed E-state index contributed by atoms with van der Waals surface area (Å²) in [6.45, 7) is 4.35. The van der Waals surface area contributed by atoms with Gasteiger partial charge < -0.3 is 0 Å². The van der Waals surface area contributed by atoms with Crippen LogP contribution in [0.25, 0.3) is 23.3 Å². The molecule has 0 heteroatoms. The van der Waals surface area contributed by atoms with Crippen molar-refractivity contribution in [3.05, 3.63) is 69.6 Å². The third kappa shape index (κ3) is 3.11. The Kier molecular flexibility index (Phi) is 4.14. The van der Waals surface area contributed by atoms with Crippen molar-refractivity contribution in [1.82, 2.24) is 0 Å². The lowest BCUT2D eigenvalue weighted by Crippen LogP contribution is -2.24. The van der Waals surface area contributed by atoms with Crippen molar-refractivity contribution in [2.24, 2.45) is 5.92 Å². The van der Waals surface area contributed by atoms with Gasteiger partial charge in [-0.05, 0) is 77.5 Å². The van der Waals surface area contributed by atoms with Crippen LogP contribution in [0.3, 0.4) is 0 Å². The molecule has 0 amide bonds. The summed E-state index contributed by atoms with van der Waals surface area (Å²) in [5.74, 6) is 0.777. The number of hydrogen-bond donors (Lipinski definition) is 0. The maximum absolute atomic E-state index is 2.52. The minimum Gasteiger partial charge on any atom is -0.0741 e. The van der Waals surface area contributed by atoms with Crippen LogP contribution in [0.1, 0.15) is 43.2 Å². The second kappa shape index (κ2) is 6.43. The van der Waals surface area contributed by atoms with E-state index < -0.39 is 0 Å². The number of allylic oxidation sites excluding steroid dienone is 2. The van der Waals surface area contributed by atoms with Crippen molar-refractivity contribution in [2.45, 2.75) is 46.0 Å². The molecule has 24 heavy (non-hydrogen) atoms. The van der Waals surface area contributed by atoms with Crippen LogP contribution in [-0.4, -0.2) is 0 Å². The Labute approximate surface area is 145 Å². The van der Waals surface area contributed by atoms with Crippen molar-refractivity contribution in [3.8, 4) is 11.1 Å². The van der Waals surface area contributed by atoms with Gasteiger partial charge >= 0.3 is 0 Å². The Morgan fingerprint density at radius 1 is 0.833 bits per heavy atom.